The molecule has 1 aromatic heterocycles. The first kappa shape index (κ1) is 17.6. The molecule has 0 aliphatic heterocycles. The van der Waals surface area contributed by atoms with Gasteiger partial charge in [-0.15, -0.1) is 0 Å². The average Bonchev–Trinajstić information content (AvgIpc) is 3.16. The molecular formula is C19H20N5O2-. The molecule has 134 valence electrons. The zero-order chi connectivity index (χ0) is 18.4. The number of ether oxygens (including phenoxy) is 1. The number of carbonyl (C=O) groups excluding carboxylic acids is 1. The van der Waals surface area contributed by atoms with E-state index >= 15 is 0 Å². The van der Waals surface area contributed by atoms with Gasteiger partial charge in [0.25, 0.3) is 0 Å². The molecule has 7 nitrogen and oxygen atoms in total. The number of benzene rings is 2. The lowest BCUT2D eigenvalue weighted by atomic mass is 9.96. The predicted octanol–water partition coefficient (Wildman–Crippen LogP) is 2.50. The van der Waals surface area contributed by atoms with Gasteiger partial charge in [-0.2, -0.15) is 5.21 Å². The summed E-state index contributed by atoms with van der Waals surface area (Å²) in [5.41, 5.74) is 2.84. The number of amides is 1. The van der Waals surface area contributed by atoms with Gasteiger partial charge in [-0.05, 0) is 50.1 Å². The number of rotatable bonds is 7. The van der Waals surface area contributed by atoms with E-state index in [1.54, 1.807) is 12.1 Å². The summed E-state index contributed by atoms with van der Waals surface area (Å²) in [6, 6.07) is 15.2. The molecule has 7 heteroatoms. The van der Waals surface area contributed by atoms with Crippen LogP contribution in [0.25, 0.3) is 0 Å². The Morgan fingerprint density at radius 2 is 2.04 bits per heavy atom. The van der Waals surface area contributed by atoms with Gasteiger partial charge in [0.05, 0.1) is 12.5 Å². The molecule has 0 aliphatic carbocycles. The van der Waals surface area contributed by atoms with Gasteiger partial charge in [0.2, 0.25) is 5.91 Å². The summed E-state index contributed by atoms with van der Waals surface area (Å²) < 4.78 is 5.41. The van der Waals surface area contributed by atoms with Crippen LogP contribution in [0, 0.1) is 6.92 Å². The number of aromatic nitrogens is 4. The molecule has 1 N–H and O–H groups in total. The highest BCUT2D eigenvalue weighted by atomic mass is 16.5. The van der Waals surface area contributed by atoms with Crippen molar-refractivity contribution in [3.8, 4) is 5.75 Å². The quantitative estimate of drug-likeness (QED) is 0.704. The van der Waals surface area contributed by atoms with E-state index in [1.807, 2.05) is 50.2 Å². The Bertz CT molecular complexity index is 847. The Kier molecular flexibility index (Phi) is 5.58. The zero-order valence-corrected chi connectivity index (χ0v) is 14.7. The van der Waals surface area contributed by atoms with Crippen LogP contribution in [0.15, 0.2) is 48.5 Å². The maximum absolute atomic E-state index is 12.8. The van der Waals surface area contributed by atoms with Crippen molar-refractivity contribution >= 4 is 11.6 Å². The molecule has 0 fully saturated rings. The molecule has 26 heavy (non-hydrogen) atoms. The van der Waals surface area contributed by atoms with Crippen LogP contribution in [0.1, 0.15) is 29.8 Å². The van der Waals surface area contributed by atoms with Gasteiger partial charge < -0.3 is 15.2 Å². The third kappa shape index (κ3) is 4.44. The van der Waals surface area contributed by atoms with Crippen LogP contribution in [0.2, 0.25) is 0 Å². The molecule has 0 bridgehead atoms. The smallest absolute Gasteiger partial charge is 0.232 e. The topological polar surface area (TPSA) is 91.1 Å². The maximum atomic E-state index is 12.8. The lowest BCUT2D eigenvalue weighted by Gasteiger charge is -2.17. The Morgan fingerprint density at radius 3 is 2.69 bits per heavy atom. The highest BCUT2D eigenvalue weighted by molar-refractivity contribution is 5.95. The minimum Gasteiger partial charge on any atom is -0.494 e. The molecule has 0 spiro atoms. The van der Waals surface area contributed by atoms with Gasteiger partial charge in [0.15, 0.2) is 0 Å². The van der Waals surface area contributed by atoms with Crippen molar-refractivity contribution in [3.63, 3.8) is 0 Å². The monoisotopic (exact) mass is 350 g/mol. The van der Waals surface area contributed by atoms with E-state index in [2.05, 4.69) is 25.9 Å². The lowest BCUT2D eigenvalue weighted by Crippen LogP contribution is -2.24. The molecule has 0 aliphatic rings. The average molecular weight is 350 g/mol. The molecule has 1 atom stereocenters. The van der Waals surface area contributed by atoms with Gasteiger partial charge in [0, 0.05) is 11.5 Å². The summed E-state index contributed by atoms with van der Waals surface area (Å²) >= 11 is 0. The Hall–Kier alpha value is -3.22. The van der Waals surface area contributed by atoms with E-state index in [0.717, 1.165) is 16.9 Å². The number of anilines is 1. The van der Waals surface area contributed by atoms with Gasteiger partial charge in [-0.25, -0.2) is 0 Å². The summed E-state index contributed by atoms with van der Waals surface area (Å²) in [7, 11) is 0. The number of carbonyl (C=O) groups is 1. The molecule has 3 aromatic rings. The highest BCUT2D eigenvalue weighted by Crippen LogP contribution is 2.21. The second kappa shape index (κ2) is 8.24. The van der Waals surface area contributed by atoms with Crippen molar-refractivity contribution in [1.29, 1.82) is 0 Å². The molecule has 0 unspecified atom stereocenters. The molecular weight excluding hydrogens is 330 g/mol. The third-order valence-corrected chi connectivity index (χ3v) is 3.92. The first-order valence-electron chi connectivity index (χ1n) is 8.43. The molecule has 2 aromatic carbocycles. The van der Waals surface area contributed by atoms with E-state index in [1.165, 1.54) is 0 Å². The number of hydrogen-bond acceptors (Lipinski definition) is 5. The largest absolute Gasteiger partial charge is 0.494 e. The summed E-state index contributed by atoms with van der Waals surface area (Å²) in [5.74, 6) is 0.299. The first-order chi connectivity index (χ1) is 12.7. The highest BCUT2D eigenvalue weighted by Gasteiger charge is 2.21. The van der Waals surface area contributed by atoms with Crippen molar-refractivity contribution in [2.75, 3.05) is 11.9 Å². The normalized spacial score (nSPS) is 11.8. The van der Waals surface area contributed by atoms with E-state index < -0.39 is 5.92 Å². The van der Waals surface area contributed by atoms with E-state index in [0.29, 0.717) is 24.5 Å². The third-order valence-electron chi connectivity index (χ3n) is 3.92. The van der Waals surface area contributed by atoms with Crippen molar-refractivity contribution < 1.29 is 9.53 Å². The Morgan fingerprint density at radius 1 is 1.23 bits per heavy atom. The molecule has 0 saturated carbocycles. The number of aryl methyl sites for hydroxylation is 1. The van der Waals surface area contributed by atoms with Crippen molar-refractivity contribution in [2.24, 2.45) is 0 Å². The van der Waals surface area contributed by atoms with Gasteiger partial charge in [-0.3, -0.25) is 15.1 Å². The Labute approximate surface area is 151 Å². The second-order valence-corrected chi connectivity index (χ2v) is 5.93. The SMILES string of the molecule is CCOc1ccc(NC(=O)[C@H](Cc2cccc(C)c2)c2nnn[n-]2)cc1. The number of nitrogens with one attached hydrogen (secondary N) is 1. The molecule has 3 rings (SSSR count). The maximum Gasteiger partial charge on any atom is 0.232 e. The fourth-order valence-electron chi connectivity index (χ4n) is 2.70. The standard InChI is InChI=1S/C19H21N5O2/c1-3-26-16-9-7-15(8-10-16)20-19(25)17(18-21-23-24-22-18)12-14-6-4-5-13(2)11-14/h4-11,17H,3,12H2,1-2H3,(H2,20,21,22,23,24,25)/p-1/t17-/m1/s1. The summed E-state index contributed by atoms with van der Waals surface area (Å²) in [5, 5.41) is 17.7. The first-order valence-corrected chi connectivity index (χ1v) is 8.43. The molecule has 1 amide bonds. The fourth-order valence-corrected chi connectivity index (χ4v) is 2.70. The van der Waals surface area contributed by atoms with E-state index in [9.17, 15) is 4.79 Å². The fraction of sp³-hybridized carbons (Fsp3) is 0.263. The van der Waals surface area contributed by atoms with Crippen LogP contribution in [-0.4, -0.2) is 28.0 Å². The molecule has 0 radical (unpaired) electrons. The van der Waals surface area contributed by atoms with E-state index in [4.69, 9.17) is 4.74 Å². The van der Waals surface area contributed by atoms with Crippen LogP contribution in [0.4, 0.5) is 5.69 Å². The van der Waals surface area contributed by atoms with Crippen molar-refractivity contribution in [2.45, 2.75) is 26.2 Å². The van der Waals surface area contributed by atoms with Crippen LogP contribution < -0.4 is 15.2 Å². The number of nitrogens with zero attached hydrogens (tertiary/aromatic N) is 4. The summed E-state index contributed by atoms with van der Waals surface area (Å²) in [4.78, 5) is 12.8. The van der Waals surface area contributed by atoms with Crippen LogP contribution in [0.3, 0.4) is 0 Å². The van der Waals surface area contributed by atoms with Gasteiger partial charge >= 0.3 is 0 Å². The minimum absolute atomic E-state index is 0.203. The van der Waals surface area contributed by atoms with Crippen LogP contribution >= 0.6 is 0 Å². The van der Waals surface area contributed by atoms with Crippen molar-refractivity contribution in [3.05, 3.63) is 65.5 Å². The lowest BCUT2D eigenvalue weighted by molar-refractivity contribution is -0.117. The minimum atomic E-state index is -0.571. The molecule has 1 heterocycles. The number of hydrogen-bond donors (Lipinski definition) is 1. The zero-order valence-electron chi connectivity index (χ0n) is 14.7. The second-order valence-electron chi connectivity index (χ2n) is 5.93. The predicted molar refractivity (Wildman–Crippen MR) is 97.0 cm³/mol. The van der Waals surface area contributed by atoms with E-state index in [-0.39, 0.29) is 5.91 Å². The van der Waals surface area contributed by atoms with Gasteiger partial charge in [0.1, 0.15) is 5.75 Å². The Balaban J connectivity index is 1.77. The molecule has 0 saturated heterocycles. The van der Waals surface area contributed by atoms with Gasteiger partial charge in [-0.1, -0.05) is 29.8 Å². The number of tetrazole rings is 1. The van der Waals surface area contributed by atoms with Crippen molar-refractivity contribution in [1.82, 2.24) is 20.6 Å². The van der Waals surface area contributed by atoms with Crippen LogP contribution in [0.5, 0.6) is 5.75 Å². The summed E-state index contributed by atoms with van der Waals surface area (Å²) in [6.45, 7) is 4.53. The summed E-state index contributed by atoms with van der Waals surface area (Å²) in [6.07, 6.45) is 0.470. The van der Waals surface area contributed by atoms with Crippen LogP contribution in [-0.2, 0) is 11.2 Å².